The fourth-order valence-corrected chi connectivity index (χ4v) is 1.55. The zero-order valence-electron chi connectivity index (χ0n) is 8.85. The van der Waals surface area contributed by atoms with E-state index in [9.17, 15) is 10.1 Å². The van der Waals surface area contributed by atoms with E-state index in [0.29, 0.717) is 17.6 Å². The van der Waals surface area contributed by atoms with E-state index in [-0.39, 0.29) is 17.4 Å². The van der Waals surface area contributed by atoms with Crippen molar-refractivity contribution < 1.29 is 9.66 Å². The van der Waals surface area contributed by atoms with Crippen molar-refractivity contribution in [3.8, 4) is 5.75 Å². The number of nitro benzene ring substituents is 1. The van der Waals surface area contributed by atoms with E-state index in [4.69, 9.17) is 10.5 Å². The van der Waals surface area contributed by atoms with Crippen molar-refractivity contribution in [2.45, 2.75) is 6.92 Å². The molecule has 5 nitrogen and oxygen atoms in total. The van der Waals surface area contributed by atoms with Crippen LogP contribution in [-0.4, -0.2) is 18.1 Å². The van der Waals surface area contributed by atoms with Crippen LogP contribution in [0.25, 0.3) is 0 Å². The lowest BCUT2D eigenvalue weighted by Crippen LogP contribution is -2.18. The molecular formula is C10H13BrN2O3. The Balaban J connectivity index is 2.88. The molecule has 0 spiro atoms. The molecule has 0 aliphatic rings. The quantitative estimate of drug-likeness (QED) is 0.666. The van der Waals surface area contributed by atoms with Crippen LogP contribution < -0.4 is 10.5 Å². The summed E-state index contributed by atoms with van der Waals surface area (Å²) < 4.78 is 5.99. The molecule has 1 aromatic rings. The zero-order valence-corrected chi connectivity index (χ0v) is 10.4. The van der Waals surface area contributed by atoms with E-state index in [1.165, 1.54) is 6.07 Å². The van der Waals surface area contributed by atoms with Gasteiger partial charge in [0.05, 0.1) is 16.0 Å². The molecule has 0 saturated heterocycles. The highest BCUT2D eigenvalue weighted by Crippen LogP contribution is 2.34. The minimum absolute atomic E-state index is 0.0430. The minimum atomic E-state index is -0.465. The van der Waals surface area contributed by atoms with Gasteiger partial charge in [-0.05, 0) is 28.5 Å². The number of benzene rings is 1. The summed E-state index contributed by atoms with van der Waals surface area (Å²) in [7, 11) is 0. The number of para-hydroxylation sites is 1. The van der Waals surface area contributed by atoms with E-state index < -0.39 is 4.92 Å². The van der Waals surface area contributed by atoms with E-state index in [0.717, 1.165) is 0 Å². The molecule has 0 aliphatic carbocycles. The second-order valence-corrected chi connectivity index (χ2v) is 4.35. The average Bonchev–Trinajstić information content (AvgIpc) is 2.26. The van der Waals surface area contributed by atoms with Crippen molar-refractivity contribution in [1.82, 2.24) is 0 Å². The van der Waals surface area contributed by atoms with Crippen LogP contribution in [-0.2, 0) is 0 Å². The molecule has 1 unspecified atom stereocenters. The van der Waals surface area contributed by atoms with Gasteiger partial charge < -0.3 is 10.5 Å². The summed E-state index contributed by atoms with van der Waals surface area (Å²) in [5.41, 5.74) is 5.40. The lowest BCUT2D eigenvalue weighted by Gasteiger charge is -2.12. The molecule has 0 aromatic heterocycles. The SMILES string of the molecule is CC(CN)COc1c(Br)cccc1[N+](=O)[O-]. The maximum absolute atomic E-state index is 10.8. The summed E-state index contributed by atoms with van der Waals surface area (Å²) in [6.45, 7) is 2.76. The summed E-state index contributed by atoms with van der Waals surface area (Å²) in [6, 6.07) is 4.71. The van der Waals surface area contributed by atoms with Crippen molar-refractivity contribution >= 4 is 21.6 Å². The average molecular weight is 289 g/mol. The number of hydrogen-bond acceptors (Lipinski definition) is 4. The number of halogens is 1. The number of ether oxygens (including phenoxy) is 1. The van der Waals surface area contributed by atoms with Gasteiger partial charge in [0.1, 0.15) is 0 Å². The van der Waals surface area contributed by atoms with E-state index in [1.54, 1.807) is 12.1 Å². The highest BCUT2D eigenvalue weighted by molar-refractivity contribution is 9.10. The molecular weight excluding hydrogens is 276 g/mol. The van der Waals surface area contributed by atoms with Gasteiger partial charge in [-0.3, -0.25) is 10.1 Å². The van der Waals surface area contributed by atoms with Crippen LogP contribution in [0.1, 0.15) is 6.92 Å². The maximum atomic E-state index is 10.8. The van der Waals surface area contributed by atoms with Crippen LogP contribution in [0.5, 0.6) is 5.75 Å². The number of hydrogen-bond donors (Lipinski definition) is 1. The number of rotatable bonds is 5. The summed E-state index contributed by atoms with van der Waals surface area (Å²) >= 11 is 3.23. The first-order valence-electron chi connectivity index (χ1n) is 4.82. The van der Waals surface area contributed by atoms with Crippen LogP contribution in [0, 0.1) is 16.0 Å². The van der Waals surface area contributed by atoms with Crippen LogP contribution in [0.4, 0.5) is 5.69 Å². The summed E-state index contributed by atoms with van der Waals surface area (Å²) in [5, 5.41) is 10.8. The molecule has 16 heavy (non-hydrogen) atoms. The predicted octanol–water partition coefficient (Wildman–Crippen LogP) is 2.33. The van der Waals surface area contributed by atoms with Gasteiger partial charge in [-0.15, -0.1) is 0 Å². The van der Waals surface area contributed by atoms with Crippen molar-refractivity contribution in [2.24, 2.45) is 11.7 Å². The molecule has 2 N–H and O–H groups in total. The summed E-state index contributed by atoms with van der Waals surface area (Å²) in [6.07, 6.45) is 0. The summed E-state index contributed by atoms with van der Waals surface area (Å²) in [5.74, 6) is 0.416. The van der Waals surface area contributed by atoms with Gasteiger partial charge >= 0.3 is 5.69 Å². The molecule has 1 atom stereocenters. The molecule has 6 heteroatoms. The van der Waals surface area contributed by atoms with Crippen LogP contribution in [0.3, 0.4) is 0 Å². The molecule has 0 amide bonds. The number of nitrogens with zero attached hydrogens (tertiary/aromatic N) is 1. The molecule has 0 saturated carbocycles. The third-order valence-corrected chi connectivity index (χ3v) is 2.68. The fraction of sp³-hybridized carbons (Fsp3) is 0.400. The Morgan fingerprint density at radius 1 is 1.62 bits per heavy atom. The largest absolute Gasteiger partial charge is 0.486 e. The van der Waals surface area contributed by atoms with Gasteiger partial charge in [-0.1, -0.05) is 13.0 Å². The first-order chi connectivity index (χ1) is 7.56. The molecule has 0 aliphatic heterocycles. The standard InChI is InChI=1S/C10H13BrN2O3/c1-7(5-12)6-16-10-8(11)3-2-4-9(10)13(14)15/h2-4,7H,5-6,12H2,1H3. The molecule has 0 fully saturated rings. The highest BCUT2D eigenvalue weighted by Gasteiger charge is 2.18. The first-order valence-corrected chi connectivity index (χ1v) is 5.61. The zero-order chi connectivity index (χ0) is 12.1. The van der Waals surface area contributed by atoms with Gasteiger partial charge in [-0.2, -0.15) is 0 Å². The molecule has 0 heterocycles. The topological polar surface area (TPSA) is 78.4 Å². The van der Waals surface area contributed by atoms with Crippen LogP contribution in [0.15, 0.2) is 22.7 Å². The third kappa shape index (κ3) is 3.18. The molecule has 1 rings (SSSR count). The van der Waals surface area contributed by atoms with Crippen molar-refractivity contribution in [3.05, 3.63) is 32.8 Å². The summed E-state index contributed by atoms with van der Waals surface area (Å²) in [4.78, 5) is 10.3. The van der Waals surface area contributed by atoms with Crippen molar-refractivity contribution in [3.63, 3.8) is 0 Å². The van der Waals surface area contributed by atoms with Crippen LogP contribution >= 0.6 is 15.9 Å². The van der Waals surface area contributed by atoms with Gasteiger partial charge in [0.25, 0.3) is 0 Å². The van der Waals surface area contributed by atoms with E-state index in [2.05, 4.69) is 15.9 Å². The fourth-order valence-electron chi connectivity index (χ4n) is 1.08. The smallest absolute Gasteiger partial charge is 0.312 e. The minimum Gasteiger partial charge on any atom is -0.486 e. The number of nitrogens with two attached hydrogens (primary N) is 1. The Morgan fingerprint density at radius 3 is 2.88 bits per heavy atom. The normalized spacial score (nSPS) is 12.2. The van der Waals surface area contributed by atoms with Gasteiger partial charge in [0, 0.05) is 12.0 Å². The van der Waals surface area contributed by atoms with Gasteiger partial charge in [0.15, 0.2) is 0 Å². The second kappa shape index (κ2) is 5.81. The van der Waals surface area contributed by atoms with E-state index in [1.807, 2.05) is 6.92 Å². The maximum Gasteiger partial charge on any atom is 0.312 e. The molecule has 0 bridgehead atoms. The van der Waals surface area contributed by atoms with Crippen molar-refractivity contribution in [2.75, 3.05) is 13.2 Å². The lowest BCUT2D eigenvalue weighted by molar-refractivity contribution is -0.386. The Hall–Kier alpha value is -1.14. The molecule has 0 radical (unpaired) electrons. The number of nitro groups is 1. The molecule has 88 valence electrons. The van der Waals surface area contributed by atoms with E-state index >= 15 is 0 Å². The first kappa shape index (κ1) is 12.9. The predicted molar refractivity (Wildman–Crippen MR) is 64.5 cm³/mol. The second-order valence-electron chi connectivity index (χ2n) is 3.50. The lowest BCUT2D eigenvalue weighted by atomic mass is 10.2. The highest BCUT2D eigenvalue weighted by atomic mass is 79.9. The Bertz CT molecular complexity index is 384. The van der Waals surface area contributed by atoms with Gasteiger partial charge in [-0.25, -0.2) is 0 Å². The van der Waals surface area contributed by atoms with Crippen molar-refractivity contribution in [1.29, 1.82) is 0 Å². The van der Waals surface area contributed by atoms with Crippen LogP contribution in [0.2, 0.25) is 0 Å². The Kier molecular flexibility index (Phi) is 4.70. The monoisotopic (exact) mass is 288 g/mol. The third-order valence-electron chi connectivity index (χ3n) is 2.06. The Morgan fingerprint density at radius 2 is 2.31 bits per heavy atom. The Labute approximate surface area is 102 Å². The molecule has 1 aromatic carbocycles. The van der Waals surface area contributed by atoms with Gasteiger partial charge in [0.2, 0.25) is 5.75 Å².